The van der Waals surface area contributed by atoms with Crippen LogP contribution in [0.1, 0.15) is 23.7 Å². The number of aromatic hydroxyl groups is 1. The lowest BCUT2D eigenvalue weighted by Crippen LogP contribution is -2.45. The minimum atomic E-state index is -0.170. The SMILES string of the molecule is COc1ccc(C(=O)N[C@H]2C[C@H]3CO[C@H](C)CN3C2)cc1O. The predicted octanol–water partition coefficient (Wildman–Crippen LogP) is 0.992. The van der Waals surface area contributed by atoms with Gasteiger partial charge < -0.3 is 19.9 Å². The van der Waals surface area contributed by atoms with E-state index in [1.54, 1.807) is 12.1 Å². The van der Waals surface area contributed by atoms with Gasteiger partial charge in [-0.25, -0.2) is 0 Å². The molecule has 2 saturated heterocycles. The number of ether oxygens (including phenoxy) is 2. The Bertz CT molecular complexity index is 563. The Labute approximate surface area is 130 Å². The molecule has 3 rings (SSSR count). The van der Waals surface area contributed by atoms with Gasteiger partial charge >= 0.3 is 0 Å². The van der Waals surface area contributed by atoms with Gasteiger partial charge in [-0.1, -0.05) is 0 Å². The molecule has 0 aliphatic carbocycles. The minimum Gasteiger partial charge on any atom is -0.504 e. The van der Waals surface area contributed by atoms with Gasteiger partial charge in [0.15, 0.2) is 11.5 Å². The van der Waals surface area contributed by atoms with Crippen molar-refractivity contribution < 1.29 is 19.4 Å². The molecule has 22 heavy (non-hydrogen) atoms. The van der Waals surface area contributed by atoms with E-state index in [0.717, 1.165) is 26.1 Å². The lowest BCUT2D eigenvalue weighted by Gasteiger charge is -2.33. The van der Waals surface area contributed by atoms with Crippen LogP contribution < -0.4 is 10.1 Å². The normalized spacial score (nSPS) is 28.2. The number of benzene rings is 1. The second-order valence-electron chi connectivity index (χ2n) is 6.04. The number of carbonyl (C=O) groups excluding carboxylic acids is 1. The topological polar surface area (TPSA) is 71.0 Å². The van der Waals surface area contributed by atoms with Crippen LogP contribution in [0, 0.1) is 0 Å². The van der Waals surface area contributed by atoms with Gasteiger partial charge in [-0.15, -0.1) is 0 Å². The highest BCUT2D eigenvalue weighted by molar-refractivity contribution is 5.95. The van der Waals surface area contributed by atoms with Gasteiger partial charge in [0.25, 0.3) is 5.91 Å². The van der Waals surface area contributed by atoms with Crippen LogP contribution in [0.2, 0.25) is 0 Å². The number of hydrogen-bond acceptors (Lipinski definition) is 5. The van der Waals surface area contributed by atoms with Gasteiger partial charge in [0.1, 0.15) is 0 Å². The Morgan fingerprint density at radius 3 is 3.00 bits per heavy atom. The van der Waals surface area contributed by atoms with Crippen LogP contribution in [0.3, 0.4) is 0 Å². The van der Waals surface area contributed by atoms with E-state index in [9.17, 15) is 9.90 Å². The molecule has 0 aromatic heterocycles. The quantitative estimate of drug-likeness (QED) is 0.871. The second kappa shape index (κ2) is 6.14. The third kappa shape index (κ3) is 3.03. The largest absolute Gasteiger partial charge is 0.504 e. The van der Waals surface area contributed by atoms with Gasteiger partial charge in [0, 0.05) is 30.7 Å². The van der Waals surface area contributed by atoms with E-state index >= 15 is 0 Å². The standard InChI is InChI=1S/C16H22N2O4/c1-10-7-18-8-12(6-13(18)9-22-10)17-16(20)11-3-4-15(21-2)14(19)5-11/h3-5,10,12-13,19H,6-9H2,1-2H3,(H,17,20)/t10-,12+,13+/m1/s1. The number of phenolic OH excluding ortho intramolecular Hbond substituents is 1. The summed E-state index contributed by atoms with van der Waals surface area (Å²) in [6.45, 7) is 4.58. The molecule has 2 aliphatic rings. The number of morpholine rings is 1. The van der Waals surface area contributed by atoms with Crippen LogP contribution in [-0.2, 0) is 4.74 Å². The molecule has 0 bridgehead atoms. The molecule has 1 amide bonds. The molecule has 0 unspecified atom stereocenters. The van der Waals surface area contributed by atoms with Gasteiger partial charge in [-0.3, -0.25) is 9.69 Å². The summed E-state index contributed by atoms with van der Waals surface area (Å²) < 4.78 is 10.7. The van der Waals surface area contributed by atoms with Crippen molar-refractivity contribution in [1.82, 2.24) is 10.2 Å². The maximum Gasteiger partial charge on any atom is 0.251 e. The third-order valence-electron chi connectivity index (χ3n) is 4.37. The highest BCUT2D eigenvalue weighted by atomic mass is 16.5. The van der Waals surface area contributed by atoms with E-state index in [1.165, 1.54) is 13.2 Å². The first-order chi connectivity index (χ1) is 10.6. The summed E-state index contributed by atoms with van der Waals surface area (Å²) in [7, 11) is 1.48. The molecule has 2 heterocycles. The van der Waals surface area contributed by atoms with Crippen LogP contribution in [0.25, 0.3) is 0 Å². The van der Waals surface area contributed by atoms with Gasteiger partial charge in [0.2, 0.25) is 0 Å². The zero-order valence-electron chi connectivity index (χ0n) is 12.9. The summed E-state index contributed by atoms with van der Waals surface area (Å²) in [6, 6.07) is 5.20. The van der Waals surface area contributed by atoms with Crippen LogP contribution in [0.5, 0.6) is 11.5 Å². The molecular weight excluding hydrogens is 284 g/mol. The van der Waals surface area contributed by atoms with Crippen LogP contribution in [0.15, 0.2) is 18.2 Å². The number of rotatable bonds is 3. The lowest BCUT2D eigenvalue weighted by atomic mass is 10.1. The predicted molar refractivity (Wildman–Crippen MR) is 81.3 cm³/mol. The molecule has 0 saturated carbocycles. The average Bonchev–Trinajstić information content (AvgIpc) is 2.88. The highest BCUT2D eigenvalue weighted by Gasteiger charge is 2.36. The summed E-state index contributed by atoms with van der Waals surface area (Å²) in [5, 5.41) is 12.8. The fourth-order valence-corrected chi connectivity index (χ4v) is 3.24. The van der Waals surface area contributed by atoms with Crippen molar-refractivity contribution in [2.45, 2.75) is 31.5 Å². The van der Waals surface area contributed by atoms with E-state index in [-0.39, 0.29) is 23.8 Å². The summed E-state index contributed by atoms with van der Waals surface area (Å²) >= 11 is 0. The molecule has 2 aliphatic heterocycles. The van der Waals surface area contributed by atoms with Gasteiger partial charge in [0.05, 0.1) is 19.8 Å². The monoisotopic (exact) mass is 306 g/mol. The summed E-state index contributed by atoms with van der Waals surface area (Å²) in [4.78, 5) is 14.7. The smallest absolute Gasteiger partial charge is 0.251 e. The molecule has 0 spiro atoms. The maximum atomic E-state index is 12.3. The number of carbonyl (C=O) groups is 1. The number of amides is 1. The van der Waals surface area contributed by atoms with Crippen LogP contribution in [0.4, 0.5) is 0 Å². The number of phenols is 1. The third-order valence-corrected chi connectivity index (χ3v) is 4.37. The van der Waals surface area contributed by atoms with E-state index in [1.807, 2.05) is 0 Å². The second-order valence-corrected chi connectivity index (χ2v) is 6.04. The fourth-order valence-electron chi connectivity index (χ4n) is 3.24. The van der Waals surface area contributed by atoms with Gasteiger partial charge in [-0.2, -0.15) is 0 Å². The van der Waals surface area contributed by atoms with Crippen LogP contribution >= 0.6 is 0 Å². The van der Waals surface area contributed by atoms with Crippen molar-refractivity contribution in [3.05, 3.63) is 23.8 Å². The minimum absolute atomic E-state index is 0.0267. The van der Waals surface area contributed by atoms with Gasteiger partial charge in [-0.05, 0) is 31.5 Å². The van der Waals surface area contributed by atoms with E-state index < -0.39 is 0 Å². The zero-order valence-corrected chi connectivity index (χ0v) is 12.9. The average molecular weight is 306 g/mol. The molecule has 120 valence electrons. The van der Waals surface area contributed by atoms with Crippen molar-refractivity contribution >= 4 is 5.91 Å². The first kappa shape index (κ1) is 15.1. The highest BCUT2D eigenvalue weighted by Crippen LogP contribution is 2.27. The molecule has 6 heteroatoms. The van der Waals surface area contributed by atoms with Crippen molar-refractivity contribution in [2.75, 3.05) is 26.8 Å². The Balaban J connectivity index is 1.61. The van der Waals surface area contributed by atoms with E-state index in [4.69, 9.17) is 9.47 Å². The van der Waals surface area contributed by atoms with Crippen molar-refractivity contribution in [1.29, 1.82) is 0 Å². The van der Waals surface area contributed by atoms with Crippen molar-refractivity contribution in [3.63, 3.8) is 0 Å². The lowest BCUT2D eigenvalue weighted by molar-refractivity contribution is -0.0390. The summed E-state index contributed by atoms with van der Waals surface area (Å²) in [5.74, 6) is 0.165. The number of nitrogens with one attached hydrogen (secondary N) is 1. The van der Waals surface area contributed by atoms with Crippen molar-refractivity contribution in [2.24, 2.45) is 0 Å². The number of methoxy groups -OCH3 is 1. The summed E-state index contributed by atoms with van der Waals surface area (Å²) in [5.41, 5.74) is 0.438. The number of hydrogen-bond donors (Lipinski definition) is 2. The molecule has 1 aromatic carbocycles. The summed E-state index contributed by atoms with van der Waals surface area (Å²) in [6.07, 6.45) is 1.16. The molecule has 1 aromatic rings. The molecule has 3 atom stereocenters. The van der Waals surface area contributed by atoms with E-state index in [2.05, 4.69) is 17.1 Å². The van der Waals surface area contributed by atoms with E-state index in [0.29, 0.717) is 17.4 Å². The molecular formula is C16H22N2O4. The number of fused-ring (bicyclic) bond motifs is 1. The maximum absolute atomic E-state index is 12.3. The first-order valence-electron chi connectivity index (χ1n) is 7.60. The first-order valence-corrected chi connectivity index (χ1v) is 7.60. The molecule has 6 nitrogen and oxygen atoms in total. The Kier molecular flexibility index (Phi) is 4.22. The Hall–Kier alpha value is -1.79. The van der Waals surface area contributed by atoms with Crippen molar-refractivity contribution in [3.8, 4) is 11.5 Å². The Morgan fingerprint density at radius 2 is 2.27 bits per heavy atom. The zero-order chi connectivity index (χ0) is 15.7. The number of nitrogens with zero attached hydrogens (tertiary/aromatic N) is 1. The van der Waals surface area contributed by atoms with Crippen LogP contribution in [-0.4, -0.2) is 60.9 Å². The Morgan fingerprint density at radius 1 is 1.45 bits per heavy atom. The molecule has 2 N–H and O–H groups in total. The molecule has 0 radical (unpaired) electrons. The molecule has 2 fully saturated rings. The fraction of sp³-hybridized carbons (Fsp3) is 0.562.